The van der Waals surface area contributed by atoms with Crippen LogP contribution in [-0.4, -0.2) is 37.0 Å². The number of amides is 2. The van der Waals surface area contributed by atoms with E-state index in [0.717, 1.165) is 16.2 Å². The number of azo groups is 1. The summed E-state index contributed by atoms with van der Waals surface area (Å²) in [6.07, 6.45) is 2.34. The van der Waals surface area contributed by atoms with Gasteiger partial charge in [-0.05, 0) is 44.5 Å². The Kier molecular flexibility index (Phi) is 7.16. The van der Waals surface area contributed by atoms with Crippen molar-refractivity contribution < 1.29 is 28.7 Å². The monoisotopic (exact) mass is 475 g/mol. The number of anilines is 1. The topological polar surface area (TPSA) is 115 Å². The van der Waals surface area contributed by atoms with Gasteiger partial charge in [0.05, 0.1) is 23.9 Å². The van der Waals surface area contributed by atoms with Crippen LogP contribution in [0.5, 0.6) is 0 Å². The van der Waals surface area contributed by atoms with Crippen LogP contribution in [0.3, 0.4) is 0 Å². The van der Waals surface area contributed by atoms with Gasteiger partial charge in [-0.25, -0.2) is 14.5 Å². The van der Waals surface area contributed by atoms with Crippen molar-refractivity contribution in [2.24, 2.45) is 10.2 Å². The van der Waals surface area contributed by atoms with Gasteiger partial charge in [0, 0.05) is 12.2 Å². The maximum atomic E-state index is 12.4. The van der Waals surface area contributed by atoms with E-state index in [1.807, 2.05) is 0 Å². The molecule has 3 rings (SSSR count). The van der Waals surface area contributed by atoms with Gasteiger partial charge < -0.3 is 9.47 Å². The average Bonchev–Trinajstić information content (AvgIpc) is 3.26. The van der Waals surface area contributed by atoms with Crippen LogP contribution in [0.15, 0.2) is 40.6 Å². The third kappa shape index (κ3) is 4.61. The predicted molar refractivity (Wildman–Crippen MR) is 118 cm³/mol. The molecular formula is C21H18ClN3O6S. The zero-order valence-corrected chi connectivity index (χ0v) is 19.0. The highest BCUT2D eigenvalue weighted by atomic mass is 35.5. The first-order valence-electron chi connectivity index (χ1n) is 9.53. The van der Waals surface area contributed by atoms with Crippen LogP contribution in [0.25, 0.3) is 0 Å². The largest absolute Gasteiger partial charge is 0.462 e. The standard InChI is InChI=1S/C21H18ClN3O6S/c1-4-30-20(28)17-11(3)18(21(29)31-5-2)32-19(17)24-23-14-7-6-12(10-13(14)22)25-15(26)8-9-16(25)27/h6-10H,4-5H2,1-3H3. The fourth-order valence-corrected chi connectivity index (χ4v) is 4.10. The second kappa shape index (κ2) is 9.84. The van der Waals surface area contributed by atoms with Crippen molar-refractivity contribution >= 4 is 63.1 Å². The highest BCUT2D eigenvalue weighted by Gasteiger charge is 2.27. The van der Waals surface area contributed by atoms with Gasteiger partial charge in [0.25, 0.3) is 11.8 Å². The molecule has 2 amide bonds. The van der Waals surface area contributed by atoms with Crippen molar-refractivity contribution in [3.63, 3.8) is 0 Å². The van der Waals surface area contributed by atoms with Crippen molar-refractivity contribution in [1.29, 1.82) is 0 Å². The number of nitrogens with zero attached hydrogens (tertiary/aromatic N) is 3. The van der Waals surface area contributed by atoms with Gasteiger partial charge in [0.1, 0.15) is 16.1 Å². The molecule has 32 heavy (non-hydrogen) atoms. The van der Waals surface area contributed by atoms with E-state index in [1.54, 1.807) is 20.8 Å². The van der Waals surface area contributed by atoms with Crippen LogP contribution in [0.2, 0.25) is 5.02 Å². The molecule has 1 aliphatic rings. The molecule has 9 nitrogen and oxygen atoms in total. The second-order valence-corrected chi connectivity index (χ2v) is 7.76. The lowest BCUT2D eigenvalue weighted by Gasteiger charge is -2.14. The molecule has 0 radical (unpaired) electrons. The molecule has 0 fully saturated rings. The molecule has 11 heteroatoms. The number of carbonyl (C=O) groups is 4. The minimum absolute atomic E-state index is 0.121. The van der Waals surface area contributed by atoms with Crippen molar-refractivity contribution in [2.45, 2.75) is 20.8 Å². The van der Waals surface area contributed by atoms with E-state index in [4.69, 9.17) is 21.1 Å². The molecule has 0 aliphatic carbocycles. The summed E-state index contributed by atoms with van der Waals surface area (Å²) in [5, 5.41) is 8.50. The van der Waals surface area contributed by atoms with E-state index in [-0.39, 0.29) is 45.1 Å². The fraction of sp³-hybridized carbons (Fsp3) is 0.238. The highest BCUT2D eigenvalue weighted by molar-refractivity contribution is 7.18. The molecule has 1 aromatic carbocycles. The molecule has 0 saturated heterocycles. The van der Waals surface area contributed by atoms with E-state index in [1.165, 1.54) is 30.4 Å². The third-order valence-electron chi connectivity index (χ3n) is 4.32. The van der Waals surface area contributed by atoms with Crippen molar-refractivity contribution in [1.82, 2.24) is 0 Å². The normalized spacial score (nSPS) is 13.3. The number of halogens is 1. The van der Waals surface area contributed by atoms with Crippen molar-refractivity contribution in [3.8, 4) is 0 Å². The van der Waals surface area contributed by atoms with E-state index in [2.05, 4.69) is 10.2 Å². The Bertz CT molecular complexity index is 1150. The second-order valence-electron chi connectivity index (χ2n) is 6.36. The summed E-state index contributed by atoms with van der Waals surface area (Å²) in [4.78, 5) is 49.5. The number of benzene rings is 1. The fourth-order valence-electron chi connectivity index (χ4n) is 2.87. The van der Waals surface area contributed by atoms with Crippen molar-refractivity contribution in [2.75, 3.05) is 18.1 Å². The van der Waals surface area contributed by atoms with E-state index < -0.39 is 23.8 Å². The molecule has 1 aromatic heterocycles. The molecule has 0 bridgehead atoms. The lowest BCUT2D eigenvalue weighted by atomic mass is 10.1. The number of imide groups is 1. The summed E-state index contributed by atoms with van der Waals surface area (Å²) in [5.74, 6) is -2.15. The third-order valence-corrected chi connectivity index (χ3v) is 5.77. The van der Waals surface area contributed by atoms with Gasteiger partial charge in [-0.15, -0.1) is 21.6 Å². The predicted octanol–water partition coefficient (Wildman–Crippen LogP) is 4.91. The summed E-state index contributed by atoms with van der Waals surface area (Å²) < 4.78 is 10.1. The van der Waals surface area contributed by atoms with Crippen LogP contribution in [0.4, 0.5) is 16.4 Å². The molecule has 1 aliphatic heterocycles. The van der Waals surface area contributed by atoms with Gasteiger partial charge in [-0.2, -0.15) is 0 Å². The molecular weight excluding hydrogens is 458 g/mol. The van der Waals surface area contributed by atoms with Gasteiger partial charge in [-0.3, -0.25) is 9.59 Å². The zero-order valence-electron chi connectivity index (χ0n) is 17.4. The number of hydrogen-bond acceptors (Lipinski definition) is 9. The lowest BCUT2D eigenvalue weighted by molar-refractivity contribution is -0.120. The Hall–Kier alpha value is -3.37. The zero-order chi connectivity index (χ0) is 23.4. The molecule has 0 unspecified atom stereocenters. The average molecular weight is 476 g/mol. The summed E-state index contributed by atoms with van der Waals surface area (Å²) in [7, 11) is 0. The number of hydrogen-bond donors (Lipinski definition) is 0. The smallest absolute Gasteiger partial charge is 0.348 e. The van der Waals surface area contributed by atoms with Gasteiger partial charge >= 0.3 is 11.9 Å². The minimum atomic E-state index is -0.634. The Morgan fingerprint density at radius 2 is 1.66 bits per heavy atom. The van der Waals surface area contributed by atoms with E-state index >= 15 is 0 Å². The summed E-state index contributed by atoms with van der Waals surface area (Å²) in [6.45, 7) is 5.28. The Labute approximate surface area is 192 Å². The Balaban J connectivity index is 1.95. The minimum Gasteiger partial charge on any atom is -0.462 e. The number of rotatable bonds is 7. The molecule has 0 spiro atoms. The molecule has 2 heterocycles. The molecule has 0 N–H and O–H groups in total. The first kappa shape index (κ1) is 23.3. The van der Waals surface area contributed by atoms with Gasteiger partial charge in [0.2, 0.25) is 0 Å². The van der Waals surface area contributed by atoms with Crippen LogP contribution >= 0.6 is 22.9 Å². The van der Waals surface area contributed by atoms with Crippen LogP contribution in [-0.2, 0) is 19.1 Å². The number of ether oxygens (including phenoxy) is 2. The number of carbonyl (C=O) groups excluding carboxylic acids is 4. The molecule has 166 valence electrons. The quantitative estimate of drug-likeness (QED) is 0.319. The van der Waals surface area contributed by atoms with Crippen molar-refractivity contribution in [3.05, 3.63) is 51.4 Å². The van der Waals surface area contributed by atoms with Gasteiger partial charge in [-0.1, -0.05) is 11.6 Å². The van der Waals surface area contributed by atoms with Crippen LogP contribution < -0.4 is 4.90 Å². The maximum absolute atomic E-state index is 12.4. The summed E-state index contributed by atoms with van der Waals surface area (Å²) in [5.41, 5.74) is 1.04. The Morgan fingerprint density at radius 1 is 1.03 bits per heavy atom. The van der Waals surface area contributed by atoms with E-state index in [9.17, 15) is 19.2 Å². The number of esters is 2. The molecule has 0 saturated carbocycles. The lowest BCUT2D eigenvalue weighted by Crippen LogP contribution is -2.29. The first-order chi connectivity index (χ1) is 15.3. The Morgan fingerprint density at radius 3 is 2.25 bits per heavy atom. The molecule has 0 atom stereocenters. The summed E-state index contributed by atoms with van der Waals surface area (Å²) >= 11 is 7.22. The molecule has 2 aromatic rings. The first-order valence-corrected chi connectivity index (χ1v) is 10.7. The van der Waals surface area contributed by atoms with E-state index in [0.29, 0.717) is 5.56 Å². The maximum Gasteiger partial charge on any atom is 0.348 e. The SMILES string of the molecule is CCOC(=O)c1sc(N=Nc2ccc(N3C(=O)C=CC3=O)cc2Cl)c(C(=O)OCC)c1C. The summed E-state index contributed by atoms with van der Waals surface area (Å²) in [6, 6.07) is 4.39. The van der Waals surface area contributed by atoms with Gasteiger partial charge in [0.15, 0.2) is 5.00 Å². The van der Waals surface area contributed by atoms with Crippen LogP contribution in [0.1, 0.15) is 39.4 Å². The number of thiophene rings is 1. The highest BCUT2D eigenvalue weighted by Crippen LogP contribution is 2.39. The van der Waals surface area contributed by atoms with Crippen LogP contribution in [0, 0.1) is 6.92 Å².